The van der Waals surface area contributed by atoms with Crippen LogP contribution in [-0.2, 0) is 6.42 Å². The number of aryl methyl sites for hydroxylation is 2. The quantitative estimate of drug-likeness (QED) is 0.666. The second-order valence-corrected chi connectivity index (χ2v) is 6.74. The van der Waals surface area contributed by atoms with Crippen LogP contribution in [0.3, 0.4) is 0 Å². The van der Waals surface area contributed by atoms with Crippen LogP contribution in [-0.4, -0.2) is 0 Å². The minimum Gasteiger partial charge on any atom is -0.0599 e. The van der Waals surface area contributed by atoms with Crippen molar-refractivity contribution in [1.29, 1.82) is 0 Å². The summed E-state index contributed by atoms with van der Waals surface area (Å²) in [6.07, 6.45) is 6.94. The van der Waals surface area contributed by atoms with E-state index in [1.165, 1.54) is 43.2 Å². The molecule has 0 nitrogen and oxygen atoms in total. The lowest BCUT2D eigenvalue weighted by Gasteiger charge is -2.34. The number of hydrogen-bond acceptors (Lipinski definition) is 0. The second kappa shape index (κ2) is 4.84. The summed E-state index contributed by atoms with van der Waals surface area (Å²) < 4.78 is 0. The molecule has 0 radical (unpaired) electrons. The van der Waals surface area contributed by atoms with Crippen LogP contribution in [0.15, 0.2) is 18.2 Å². The molecule has 17 heavy (non-hydrogen) atoms. The lowest BCUT2D eigenvalue weighted by atomic mass is 9.71. The van der Waals surface area contributed by atoms with Crippen molar-refractivity contribution < 1.29 is 0 Å². The van der Waals surface area contributed by atoms with Gasteiger partial charge in [-0.3, -0.25) is 0 Å². The highest BCUT2D eigenvalue weighted by atomic mass is 14.3. The van der Waals surface area contributed by atoms with E-state index in [4.69, 9.17) is 0 Å². The SMILES string of the molecule is Cc1ccc(CC2CCC(C)(C)CC2)c(C)c1. The summed E-state index contributed by atoms with van der Waals surface area (Å²) in [5.74, 6) is 0.921. The average molecular weight is 230 g/mol. The van der Waals surface area contributed by atoms with Gasteiger partial charge in [-0.15, -0.1) is 0 Å². The summed E-state index contributed by atoms with van der Waals surface area (Å²) in [6.45, 7) is 9.27. The van der Waals surface area contributed by atoms with E-state index < -0.39 is 0 Å². The van der Waals surface area contributed by atoms with E-state index in [2.05, 4.69) is 45.9 Å². The van der Waals surface area contributed by atoms with E-state index in [1.807, 2.05) is 0 Å². The van der Waals surface area contributed by atoms with Crippen molar-refractivity contribution in [2.75, 3.05) is 0 Å². The zero-order valence-electron chi connectivity index (χ0n) is 11.8. The smallest absolute Gasteiger partial charge is 0.0248 e. The molecule has 1 aromatic carbocycles. The van der Waals surface area contributed by atoms with Gasteiger partial charge in [-0.05, 0) is 68.4 Å². The van der Waals surface area contributed by atoms with Crippen molar-refractivity contribution in [3.05, 3.63) is 34.9 Å². The molecule has 0 bridgehead atoms. The molecule has 1 aliphatic rings. The molecule has 0 spiro atoms. The van der Waals surface area contributed by atoms with Gasteiger partial charge in [0.05, 0.1) is 0 Å². The third kappa shape index (κ3) is 3.34. The molecule has 0 aromatic heterocycles. The maximum absolute atomic E-state index is 2.42. The lowest BCUT2D eigenvalue weighted by Crippen LogP contribution is -2.22. The zero-order chi connectivity index (χ0) is 12.5. The van der Waals surface area contributed by atoms with Crippen molar-refractivity contribution in [1.82, 2.24) is 0 Å². The second-order valence-electron chi connectivity index (χ2n) is 6.74. The van der Waals surface area contributed by atoms with E-state index in [-0.39, 0.29) is 0 Å². The Hall–Kier alpha value is -0.780. The molecule has 0 heterocycles. The van der Waals surface area contributed by atoms with Crippen molar-refractivity contribution in [2.45, 2.75) is 59.8 Å². The molecule has 0 heteroatoms. The van der Waals surface area contributed by atoms with Gasteiger partial charge >= 0.3 is 0 Å². The summed E-state index contributed by atoms with van der Waals surface area (Å²) >= 11 is 0. The van der Waals surface area contributed by atoms with Gasteiger partial charge in [0.2, 0.25) is 0 Å². The van der Waals surface area contributed by atoms with Gasteiger partial charge in [0.1, 0.15) is 0 Å². The number of hydrogen-bond donors (Lipinski definition) is 0. The fourth-order valence-corrected chi connectivity index (χ4v) is 3.05. The summed E-state index contributed by atoms with van der Waals surface area (Å²) in [5.41, 5.74) is 5.03. The number of rotatable bonds is 2. The van der Waals surface area contributed by atoms with Crippen LogP contribution in [0.1, 0.15) is 56.2 Å². The first-order valence-corrected chi connectivity index (χ1v) is 7.02. The molecule has 0 aliphatic heterocycles. The minimum absolute atomic E-state index is 0.596. The molecule has 0 N–H and O–H groups in total. The van der Waals surface area contributed by atoms with Crippen LogP contribution in [0.4, 0.5) is 0 Å². The largest absolute Gasteiger partial charge is 0.0599 e. The molecular formula is C17H26. The van der Waals surface area contributed by atoms with Gasteiger partial charge in [0.25, 0.3) is 0 Å². The van der Waals surface area contributed by atoms with Crippen molar-refractivity contribution in [3.8, 4) is 0 Å². The Bertz CT molecular complexity index is 377. The van der Waals surface area contributed by atoms with Crippen LogP contribution in [0.5, 0.6) is 0 Å². The van der Waals surface area contributed by atoms with E-state index in [1.54, 1.807) is 5.56 Å². The first-order valence-electron chi connectivity index (χ1n) is 7.02. The maximum Gasteiger partial charge on any atom is -0.0248 e. The van der Waals surface area contributed by atoms with Crippen LogP contribution in [0.2, 0.25) is 0 Å². The number of benzene rings is 1. The van der Waals surface area contributed by atoms with Crippen LogP contribution in [0.25, 0.3) is 0 Å². The monoisotopic (exact) mass is 230 g/mol. The fourth-order valence-electron chi connectivity index (χ4n) is 3.05. The van der Waals surface area contributed by atoms with Crippen LogP contribution in [0, 0.1) is 25.2 Å². The third-order valence-electron chi connectivity index (χ3n) is 4.47. The first-order chi connectivity index (χ1) is 7.96. The molecule has 0 saturated heterocycles. The molecule has 0 atom stereocenters. The first kappa shape index (κ1) is 12.7. The standard InChI is InChI=1S/C17H26/c1-13-5-6-16(14(2)11-13)12-15-7-9-17(3,4)10-8-15/h5-6,11,15H,7-10,12H2,1-4H3. The van der Waals surface area contributed by atoms with Crippen molar-refractivity contribution in [3.63, 3.8) is 0 Å². The molecular weight excluding hydrogens is 204 g/mol. The summed E-state index contributed by atoms with van der Waals surface area (Å²) in [4.78, 5) is 0. The van der Waals surface area contributed by atoms with Gasteiger partial charge < -0.3 is 0 Å². The predicted octanol–water partition coefficient (Wildman–Crippen LogP) is 5.06. The van der Waals surface area contributed by atoms with Gasteiger partial charge in [0.15, 0.2) is 0 Å². The van der Waals surface area contributed by atoms with E-state index >= 15 is 0 Å². The average Bonchev–Trinajstić information content (AvgIpc) is 2.25. The Morgan fingerprint density at radius 3 is 2.35 bits per heavy atom. The highest BCUT2D eigenvalue weighted by molar-refractivity contribution is 5.30. The molecule has 1 aliphatic carbocycles. The van der Waals surface area contributed by atoms with Gasteiger partial charge in [-0.1, -0.05) is 37.6 Å². The molecule has 1 aromatic rings. The Morgan fingerprint density at radius 1 is 1.12 bits per heavy atom. The van der Waals surface area contributed by atoms with Gasteiger partial charge in [-0.2, -0.15) is 0 Å². The fraction of sp³-hybridized carbons (Fsp3) is 0.647. The molecule has 1 saturated carbocycles. The van der Waals surface area contributed by atoms with Gasteiger partial charge in [-0.25, -0.2) is 0 Å². The Labute approximate surface area is 106 Å². The maximum atomic E-state index is 2.42. The summed E-state index contributed by atoms with van der Waals surface area (Å²) in [7, 11) is 0. The highest BCUT2D eigenvalue weighted by Crippen LogP contribution is 2.39. The summed E-state index contributed by atoms with van der Waals surface area (Å²) in [5, 5.41) is 0. The molecule has 94 valence electrons. The third-order valence-corrected chi connectivity index (χ3v) is 4.47. The van der Waals surface area contributed by atoms with Crippen LogP contribution < -0.4 is 0 Å². The molecule has 0 amide bonds. The van der Waals surface area contributed by atoms with E-state index in [0.29, 0.717) is 5.41 Å². The summed E-state index contributed by atoms with van der Waals surface area (Å²) in [6, 6.07) is 6.92. The van der Waals surface area contributed by atoms with Crippen molar-refractivity contribution in [2.24, 2.45) is 11.3 Å². The van der Waals surface area contributed by atoms with Crippen molar-refractivity contribution >= 4 is 0 Å². The highest BCUT2D eigenvalue weighted by Gasteiger charge is 2.26. The normalized spacial score (nSPS) is 20.5. The Balaban J connectivity index is 1.98. The van der Waals surface area contributed by atoms with Gasteiger partial charge in [0, 0.05) is 0 Å². The Kier molecular flexibility index (Phi) is 3.61. The zero-order valence-corrected chi connectivity index (χ0v) is 11.8. The Morgan fingerprint density at radius 2 is 1.76 bits per heavy atom. The molecule has 1 fully saturated rings. The predicted molar refractivity (Wildman–Crippen MR) is 75.4 cm³/mol. The topological polar surface area (TPSA) is 0 Å². The van der Waals surface area contributed by atoms with E-state index in [0.717, 1.165) is 5.92 Å². The minimum atomic E-state index is 0.596. The lowest BCUT2D eigenvalue weighted by molar-refractivity contribution is 0.191. The van der Waals surface area contributed by atoms with E-state index in [9.17, 15) is 0 Å². The molecule has 2 rings (SSSR count). The molecule has 0 unspecified atom stereocenters. The van der Waals surface area contributed by atoms with Crippen LogP contribution >= 0.6 is 0 Å².